The maximum Gasteiger partial charge on any atom is 0.167 e. The summed E-state index contributed by atoms with van der Waals surface area (Å²) >= 11 is 4.20. The number of aliphatic hydroxyl groups excluding tert-OH is 3. The highest BCUT2D eigenvalue weighted by atomic mass is 32.1. The summed E-state index contributed by atoms with van der Waals surface area (Å²) in [6.07, 6.45) is 2.20. The molecule has 0 aromatic carbocycles. The van der Waals surface area contributed by atoms with Gasteiger partial charge in [-0.1, -0.05) is 12.8 Å². The summed E-state index contributed by atoms with van der Waals surface area (Å²) < 4.78 is 7.09. The van der Waals surface area contributed by atoms with Crippen molar-refractivity contribution in [3.63, 3.8) is 0 Å². The Morgan fingerprint density at radius 3 is 2.62 bits per heavy atom. The predicted molar refractivity (Wildman–Crippen MR) is 98.8 cm³/mol. The molecule has 3 rings (SSSR count). The first-order valence-electron chi connectivity index (χ1n) is 8.79. The molecule has 0 amide bonds. The first-order chi connectivity index (χ1) is 12.6. The Balaban J connectivity index is 1.81. The zero-order valence-electron chi connectivity index (χ0n) is 14.4. The van der Waals surface area contributed by atoms with Crippen molar-refractivity contribution < 1.29 is 20.1 Å². The van der Waals surface area contributed by atoms with Gasteiger partial charge >= 0.3 is 0 Å². The van der Waals surface area contributed by atoms with Crippen molar-refractivity contribution in [3.8, 4) is 0 Å². The molecule has 0 aliphatic carbocycles. The molecule has 2 unspecified atom stereocenters. The number of aromatic nitrogens is 4. The summed E-state index contributed by atoms with van der Waals surface area (Å²) in [4.78, 5) is 13.0. The lowest BCUT2D eigenvalue weighted by Crippen LogP contribution is -2.33. The summed E-state index contributed by atoms with van der Waals surface area (Å²) in [7, 11) is 0. The fraction of sp³-hybridized carbons (Fsp3) is 0.688. The van der Waals surface area contributed by atoms with Crippen LogP contribution in [-0.2, 0) is 11.2 Å². The van der Waals surface area contributed by atoms with Gasteiger partial charge < -0.3 is 25.8 Å². The molecule has 26 heavy (non-hydrogen) atoms. The zero-order valence-corrected chi connectivity index (χ0v) is 15.3. The molecule has 0 radical (unpaired) electrons. The van der Waals surface area contributed by atoms with Gasteiger partial charge in [-0.2, -0.15) is 12.6 Å². The second-order valence-electron chi connectivity index (χ2n) is 6.47. The Morgan fingerprint density at radius 2 is 1.92 bits per heavy atom. The Labute approximate surface area is 156 Å². The molecule has 0 spiro atoms. The third-order valence-corrected chi connectivity index (χ3v) is 4.91. The summed E-state index contributed by atoms with van der Waals surface area (Å²) in [6.45, 7) is -0.393. The summed E-state index contributed by atoms with van der Waals surface area (Å²) in [6, 6.07) is 0. The molecule has 3 heterocycles. The van der Waals surface area contributed by atoms with Crippen LogP contribution in [0.25, 0.3) is 11.2 Å². The average Bonchev–Trinajstić information content (AvgIpc) is 3.17. The van der Waals surface area contributed by atoms with Gasteiger partial charge in [-0.15, -0.1) is 0 Å². The fourth-order valence-corrected chi connectivity index (χ4v) is 3.37. The highest BCUT2D eigenvalue weighted by Crippen LogP contribution is 2.32. The van der Waals surface area contributed by atoms with Crippen molar-refractivity contribution >= 4 is 29.6 Å². The van der Waals surface area contributed by atoms with Crippen molar-refractivity contribution in [3.05, 3.63) is 12.2 Å². The Hall–Kier alpha value is -1.46. The van der Waals surface area contributed by atoms with Crippen LogP contribution >= 0.6 is 12.6 Å². The van der Waals surface area contributed by atoms with Crippen LogP contribution in [0.5, 0.6) is 0 Å². The van der Waals surface area contributed by atoms with Crippen molar-refractivity contribution in [2.75, 3.05) is 18.1 Å². The van der Waals surface area contributed by atoms with Gasteiger partial charge in [0.1, 0.15) is 29.7 Å². The number of fused-ring (bicyclic) bond motifs is 1. The quantitative estimate of drug-likeness (QED) is 0.318. The van der Waals surface area contributed by atoms with Crippen LogP contribution in [0.15, 0.2) is 6.33 Å². The smallest absolute Gasteiger partial charge is 0.167 e. The van der Waals surface area contributed by atoms with Gasteiger partial charge in [0, 0.05) is 6.42 Å². The largest absolute Gasteiger partial charge is 0.394 e. The maximum absolute atomic E-state index is 10.2. The first kappa shape index (κ1) is 19.3. The van der Waals surface area contributed by atoms with Gasteiger partial charge in [0.2, 0.25) is 0 Å². The van der Waals surface area contributed by atoms with Crippen LogP contribution in [0.3, 0.4) is 0 Å². The van der Waals surface area contributed by atoms with Crippen molar-refractivity contribution in [1.82, 2.24) is 19.5 Å². The van der Waals surface area contributed by atoms with E-state index in [9.17, 15) is 15.3 Å². The molecule has 1 aliphatic heterocycles. The van der Waals surface area contributed by atoms with Gasteiger partial charge in [-0.05, 0) is 18.6 Å². The molecule has 10 heteroatoms. The monoisotopic (exact) mass is 383 g/mol. The van der Waals surface area contributed by atoms with E-state index >= 15 is 0 Å². The highest BCUT2D eigenvalue weighted by Gasteiger charge is 2.44. The van der Waals surface area contributed by atoms with Crippen LogP contribution in [0.2, 0.25) is 0 Å². The molecule has 0 saturated carbocycles. The lowest BCUT2D eigenvalue weighted by atomic mass is 10.1. The minimum atomic E-state index is -1.20. The van der Waals surface area contributed by atoms with Crippen molar-refractivity contribution in [2.24, 2.45) is 0 Å². The molecular weight excluding hydrogens is 358 g/mol. The van der Waals surface area contributed by atoms with E-state index in [2.05, 4.69) is 27.6 Å². The number of rotatable bonds is 8. The normalized spacial score (nSPS) is 26.0. The van der Waals surface area contributed by atoms with E-state index in [1.165, 1.54) is 10.9 Å². The number of aliphatic hydroxyl groups is 3. The molecule has 2 aromatic rings. The number of imidazole rings is 1. The Kier molecular flexibility index (Phi) is 6.30. The Bertz CT molecular complexity index is 743. The maximum atomic E-state index is 10.2. The van der Waals surface area contributed by atoms with Gasteiger partial charge in [0.15, 0.2) is 17.7 Å². The SMILES string of the molecule is Nc1nc(CCCCCCS)nc2c1ncn2[C@@H]1O[C@H](CO)C(O)C1O. The highest BCUT2D eigenvalue weighted by molar-refractivity contribution is 7.80. The minimum Gasteiger partial charge on any atom is -0.394 e. The van der Waals surface area contributed by atoms with E-state index in [0.29, 0.717) is 23.4 Å². The number of thiol groups is 1. The van der Waals surface area contributed by atoms with Gasteiger partial charge in [-0.3, -0.25) is 4.57 Å². The molecular formula is C16H25N5O4S. The van der Waals surface area contributed by atoms with Crippen molar-refractivity contribution in [2.45, 2.75) is 56.6 Å². The number of ether oxygens (including phenoxy) is 1. The van der Waals surface area contributed by atoms with E-state index < -0.39 is 31.1 Å². The second-order valence-corrected chi connectivity index (χ2v) is 6.91. The van der Waals surface area contributed by atoms with E-state index in [1.807, 2.05) is 0 Å². The third kappa shape index (κ3) is 3.79. The summed E-state index contributed by atoms with van der Waals surface area (Å²) in [5.41, 5.74) is 6.87. The number of nitrogen functional groups attached to an aromatic ring is 1. The lowest BCUT2D eigenvalue weighted by molar-refractivity contribution is -0.0511. The standard InChI is InChI=1S/C16H25N5O4S/c17-14-11-15(20-10(19-14)5-3-1-2-4-6-26)21(8-18-11)16-13(24)12(23)9(7-22)25-16/h8-9,12-13,16,22-24,26H,1-7H2,(H2,17,19,20)/t9-,12?,13?,16-/m1/s1. The molecule has 1 saturated heterocycles. The first-order valence-corrected chi connectivity index (χ1v) is 9.42. The van der Waals surface area contributed by atoms with E-state index in [0.717, 1.165) is 31.4 Å². The number of unbranched alkanes of at least 4 members (excludes halogenated alkanes) is 3. The molecule has 0 bridgehead atoms. The van der Waals surface area contributed by atoms with E-state index in [-0.39, 0.29) is 5.82 Å². The van der Waals surface area contributed by atoms with E-state index in [4.69, 9.17) is 10.5 Å². The number of nitrogens with two attached hydrogens (primary N) is 1. The van der Waals surface area contributed by atoms with E-state index in [1.54, 1.807) is 0 Å². The summed E-state index contributed by atoms with van der Waals surface area (Å²) in [5, 5.41) is 29.5. The lowest BCUT2D eigenvalue weighted by Gasteiger charge is -2.16. The van der Waals surface area contributed by atoms with Crippen LogP contribution in [-0.4, -0.2) is 65.5 Å². The average molecular weight is 383 g/mol. The summed E-state index contributed by atoms with van der Waals surface area (Å²) in [5.74, 6) is 1.76. The molecule has 144 valence electrons. The van der Waals surface area contributed by atoms with Crippen LogP contribution in [0, 0.1) is 0 Å². The van der Waals surface area contributed by atoms with Crippen LogP contribution in [0.1, 0.15) is 37.7 Å². The fourth-order valence-electron chi connectivity index (χ4n) is 3.14. The number of anilines is 1. The van der Waals surface area contributed by atoms with Gasteiger partial charge in [-0.25, -0.2) is 15.0 Å². The number of hydrogen-bond acceptors (Lipinski definition) is 9. The number of aryl methyl sites for hydroxylation is 1. The molecule has 1 fully saturated rings. The van der Waals surface area contributed by atoms with Crippen LogP contribution in [0.4, 0.5) is 5.82 Å². The zero-order chi connectivity index (χ0) is 18.7. The predicted octanol–water partition coefficient (Wildman–Crippen LogP) is 0.0527. The molecule has 5 N–H and O–H groups in total. The number of nitrogens with zero attached hydrogens (tertiary/aromatic N) is 4. The van der Waals surface area contributed by atoms with Gasteiger partial charge in [0.25, 0.3) is 0 Å². The molecule has 4 atom stereocenters. The van der Waals surface area contributed by atoms with Crippen LogP contribution < -0.4 is 5.73 Å². The van der Waals surface area contributed by atoms with Crippen molar-refractivity contribution in [1.29, 1.82) is 0 Å². The van der Waals surface area contributed by atoms with Gasteiger partial charge in [0.05, 0.1) is 12.9 Å². The molecule has 9 nitrogen and oxygen atoms in total. The number of hydrogen-bond donors (Lipinski definition) is 5. The Morgan fingerprint density at radius 1 is 1.15 bits per heavy atom. The topological polar surface area (TPSA) is 140 Å². The second kappa shape index (κ2) is 8.49. The third-order valence-electron chi connectivity index (χ3n) is 4.59. The molecule has 2 aromatic heterocycles. The molecule has 1 aliphatic rings. The minimum absolute atomic E-state index is 0.269.